The molecule has 8 nitrogen and oxygen atoms in total. The Morgan fingerprint density at radius 1 is 0.900 bits per heavy atom. The van der Waals surface area contributed by atoms with Crippen LogP contribution >= 0.6 is 0 Å². The molecule has 0 fully saturated rings. The number of benzene rings is 2. The molecule has 0 saturated carbocycles. The summed E-state index contributed by atoms with van der Waals surface area (Å²) in [6.07, 6.45) is -0.985. The molecule has 2 rings (SSSR count). The second-order valence-electron chi connectivity index (χ2n) is 6.46. The lowest BCUT2D eigenvalue weighted by molar-refractivity contribution is -0.143. The lowest BCUT2D eigenvalue weighted by Crippen LogP contribution is -2.49. The van der Waals surface area contributed by atoms with Gasteiger partial charge in [-0.1, -0.05) is 60.7 Å². The fourth-order valence-electron chi connectivity index (χ4n) is 2.57. The summed E-state index contributed by atoms with van der Waals surface area (Å²) in [5.74, 6) is -1.74. The molecule has 0 radical (unpaired) electrons. The zero-order valence-corrected chi connectivity index (χ0v) is 16.6. The molecule has 0 heterocycles. The number of hydrogen-bond acceptors (Lipinski definition) is 6. The normalized spacial score (nSPS) is 11.1. The Labute approximate surface area is 174 Å². The van der Waals surface area contributed by atoms with Gasteiger partial charge in [-0.2, -0.15) is 0 Å². The van der Waals surface area contributed by atoms with E-state index in [1.165, 1.54) is 7.11 Å². The number of carbonyl (C=O) groups is 4. The number of carbonyl (C=O) groups excluding carboxylic acids is 4. The van der Waals surface area contributed by atoms with E-state index in [-0.39, 0.29) is 19.6 Å². The first-order valence-electron chi connectivity index (χ1n) is 9.35. The minimum atomic E-state index is -0.957. The van der Waals surface area contributed by atoms with Crippen molar-refractivity contribution in [2.75, 3.05) is 13.7 Å². The van der Waals surface area contributed by atoms with Crippen molar-refractivity contribution in [2.24, 2.45) is 0 Å². The number of methoxy groups -OCH3 is 1. The number of rotatable bonds is 10. The smallest absolute Gasteiger partial charge is 0.408 e. The standard InChI is InChI=1S/C22H24N2O6/c1-29-20(26)13-18(25)14-23-21(27)19(12-16-8-4-2-5-9-16)24-22(28)30-15-17-10-6-3-7-11-17/h2-11,19H,12-15H2,1H3,(H,23,27)(H,24,28). The molecule has 1 atom stereocenters. The first kappa shape index (κ1) is 22.6. The van der Waals surface area contributed by atoms with Crippen LogP contribution in [0, 0.1) is 0 Å². The quantitative estimate of drug-likeness (QED) is 0.455. The average molecular weight is 412 g/mol. The zero-order chi connectivity index (χ0) is 21.8. The highest BCUT2D eigenvalue weighted by Gasteiger charge is 2.23. The van der Waals surface area contributed by atoms with Crippen molar-refractivity contribution in [3.8, 4) is 0 Å². The van der Waals surface area contributed by atoms with Crippen LogP contribution in [0.3, 0.4) is 0 Å². The van der Waals surface area contributed by atoms with Gasteiger partial charge in [0.2, 0.25) is 5.91 Å². The van der Waals surface area contributed by atoms with Crippen LogP contribution in [0.2, 0.25) is 0 Å². The van der Waals surface area contributed by atoms with Crippen molar-refractivity contribution in [2.45, 2.75) is 25.5 Å². The summed E-state index contributed by atoms with van der Waals surface area (Å²) in [7, 11) is 1.18. The van der Waals surface area contributed by atoms with E-state index in [9.17, 15) is 19.2 Å². The van der Waals surface area contributed by atoms with Crippen LogP contribution in [0.1, 0.15) is 17.5 Å². The third-order valence-electron chi connectivity index (χ3n) is 4.13. The largest absolute Gasteiger partial charge is 0.469 e. The number of ketones is 1. The van der Waals surface area contributed by atoms with Gasteiger partial charge in [0, 0.05) is 6.42 Å². The van der Waals surface area contributed by atoms with Crippen LogP contribution in [0.4, 0.5) is 4.79 Å². The van der Waals surface area contributed by atoms with Gasteiger partial charge in [-0.05, 0) is 11.1 Å². The van der Waals surface area contributed by atoms with E-state index >= 15 is 0 Å². The molecule has 2 aromatic rings. The SMILES string of the molecule is COC(=O)CC(=O)CNC(=O)C(Cc1ccccc1)NC(=O)OCc1ccccc1. The first-order chi connectivity index (χ1) is 14.5. The molecule has 2 N–H and O–H groups in total. The maximum Gasteiger partial charge on any atom is 0.408 e. The molecular formula is C22H24N2O6. The summed E-state index contributed by atoms with van der Waals surface area (Å²) in [6.45, 7) is -0.288. The molecule has 158 valence electrons. The second-order valence-corrected chi connectivity index (χ2v) is 6.46. The van der Waals surface area contributed by atoms with Crippen LogP contribution in [0.15, 0.2) is 60.7 Å². The summed E-state index contributed by atoms with van der Waals surface area (Å²) in [6, 6.07) is 17.3. The van der Waals surface area contributed by atoms with Crippen LogP contribution in [-0.2, 0) is 36.9 Å². The summed E-state index contributed by atoms with van der Waals surface area (Å²) in [5, 5.41) is 4.98. The Morgan fingerprint density at radius 2 is 1.50 bits per heavy atom. The van der Waals surface area contributed by atoms with Crippen molar-refractivity contribution >= 4 is 23.8 Å². The summed E-state index contributed by atoms with van der Waals surface area (Å²) in [4.78, 5) is 47.7. The van der Waals surface area contributed by atoms with Crippen LogP contribution < -0.4 is 10.6 Å². The van der Waals surface area contributed by atoms with Gasteiger partial charge >= 0.3 is 12.1 Å². The van der Waals surface area contributed by atoms with E-state index in [2.05, 4.69) is 15.4 Å². The van der Waals surface area contributed by atoms with Gasteiger partial charge in [0.1, 0.15) is 19.1 Å². The third kappa shape index (κ3) is 8.14. The molecule has 1 unspecified atom stereocenters. The van der Waals surface area contributed by atoms with E-state index < -0.39 is 36.2 Å². The zero-order valence-electron chi connectivity index (χ0n) is 16.6. The molecule has 30 heavy (non-hydrogen) atoms. The molecule has 0 spiro atoms. The average Bonchev–Trinajstić information content (AvgIpc) is 2.77. The van der Waals surface area contributed by atoms with E-state index in [1.807, 2.05) is 60.7 Å². The molecule has 0 aliphatic heterocycles. The second kappa shape index (κ2) is 12.0. The summed E-state index contributed by atoms with van der Waals surface area (Å²) >= 11 is 0. The van der Waals surface area contributed by atoms with E-state index in [1.54, 1.807) is 0 Å². The molecule has 0 aliphatic carbocycles. The van der Waals surface area contributed by atoms with Crippen molar-refractivity contribution < 1.29 is 28.7 Å². The maximum atomic E-state index is 12.6. The van der Waals surface area contributed by atoms with Crippen molar-refractivity contribution in [3.05, 3.63) is 71.8 Å². The van der Waals surface area contributed by atoms with Crippen LogP contribution in [0.5, 0.6) is 0 Å². The Bertz CT molecular complexity index is 854. The van der Waals surface area contributed by atoms with Gasteiger partial charge in [0.25, 0.3) is 0 Å². The Hall–Kier alpha value is -3.68. The fraction of sp³-hybridized carbons (Fsp3) is 0.273. The third-order valence-corrected chi connectivity index (χ3v) is 4.13. The number of hydrogen-bond donors (Lipinski definition) is 2. The molecular weight excluding hydrogens is 388 g/mol. The van der Waals surface area contributed by atoms with Gasteiger partial charge in [0.15, 0.2) is 5.78 Å². The highest BCUT2D eigenvalue weighted by molar-refractivity contribution is 5.98. The number of Topliss-reactive ketones (excluding diaryl/α,β-unsaturated/α-hetero) is 1. The molecule has 0 aromatic heterocycles. The minimum Gasteiger partial charge on any atom is -0.469 e. The lowest BCUT2D eigenvalue weighted by atomic mass is 10.1. The Morgan fingerprint density at radius 3 is 2.10 bits per heavy atom. The van der Waals surface area contributed by atoms with Gasteiger partial charge in [0.05, 0.1) is 13.7 Å². The van der Waals surface area contributed by atoms with E-state index in [0.29, 0.717) is 0 Å². The molecule has 2 aromatic carbocycles. The van der Waals surface area contributed by atoms with Crippen molar-refractivity contribution in [1.29, 1.82) is 0 Å². The minimum absolute atomic E-state index is 0.0595. The molecule has 2 amide bonds. The predicted molar refractivity (Wildman–Crippen MR) is 108 cm³/mol. The molecule has 8 heteroatoms. The van der Waals surface area contributed by atoms with E-state index in [0.717, 1.165) is 11.1 Å². The monoisotopic (exact) mass is 412 g/mol. The van der Waals surface area contributed by atoms with Crippen LogP contribution in [-0.4, -0.2) is 43.4 Å². The van der Waals surface area contributed by atoms with Gasteiger partial charge in [-0.25, -0.2) is 4.79 Å². The maximum absolute atomic E-state index is 12.6. The molecule has 0 aliphatic rings. The Kier molecular flexibility index (Phi) is 9.05. The van der Waals surface area contributed by atoms with Gasteiger partial charge < -0.3 is 20.1 Å². The first-order valence-corrected chi connectivity index (χ1v) is 9.35. The van der Waals surface area contributed by atoms with Gasteiger partial charge in [-0.15, -0.1) is 0 Å². The number of alkyl carbamates (subject to hydrolysis) is 1. The predicted octanol–water partition coefficient (Wildman–Crippen LogP) is 1.77. The lowest BCUT2D eigenvalue weighted by Gasteiger charge is -2.18. The van der Waals surface area contributed by atoms with Crippen molar-refractivity contribution in [3.63, 3.8) is 0 Å². The number of esters is 1. The highest BCUT2D eigenvalue weighted by atomic mass is 16.5. The summed E-state index contributed by atoms with van der Waals surface area (Å²) in [5.41, 5.74) is 1.63. The van der Waals surface area contributed by atoms with Crippen LogP contribution in [0.25, 0.3) is 0 Å². The number of ether oxygens (including phenoxy) is 2. The molecule has 0 bridgehead atoms. The topological polar surface area (TPSA) is 111 Å². The number of amides is 2. The number of nitrogens with one attached hydrogen (secondary N) is 2. The fourth-order valence-corrected chi connectivity index (χ4v) is 2.57. The molecule has 0 saturated heterocycles. The Balaban J connectivity index is 1.95. The summed E-state index contributed by atoms with van der Waals surface area (Å²) < 4.78 is 9.61. The highest BCUT2D eigenvalue weighted by Crippen LogP contribution is 2.05. The van der Waals surface area contributed by atoms with Crippen molar-refractivity contribution in [1.82, 2.24) is 10.6 Å². The van der Waals surface area contributed by atoms with Gasteiger partial charge in [-0.3, -0.25) is 14.4 Å². The van der Waals surface area contributed by atoms with E-state index in [4.69, 9.17) is 4.74 Å².